The lowest BCUT2D eigenvalue weighted by atomic mass is 9.70. The average Bonchev–Trinajstić information content (AvgIpc) is 3.82. The van der Waals surface area contributed by atoms with E-state index in [1.54, 1.807) is 18.2 Å². The Bertz CT molecular complexity index is 3290. The van der Waals surface area contributed by atoms with Crippen LogP contribution in [-0.4, -0.2) is 0 Å². The second-order valence-electron chi connectivity index (χ2n) is 14.1. The molecule has 0 N–H and O–H groups in total. The third-order valence-electron chi connectivity index (χ3n) is 11.2. The predicted molar refractivity (Wildman–Crippen MR) is 234 cm³/mol. The molecule has 0 atom stereocenters. The van der Waals surface area contributed by atoms with E-state index in [2.05, 4.69) is 84.9 Å². The Labute approximate surface area is 342 Å². The van der Waals surface area contributed by atoms with E-state index in [1.807, 2.05) is 65.6 Å². The van der Waals surface area contributed by atoms with E-state index in [1.165, 1.54) is 16.7 Å². The Balaban J connectivity index is 1.23. The SMILES string of the molecule is [2H]c1c([2H])c([2H])c(-c2cc(-c3c([2H])c([2H])c([2H])c([2H])c3[2H])cc(N(c3ccc(-c4ccccc4)cc3)c3ccc4c(c3)C3(c5ccccc5-c5ccccc53)c3ccccc3-4)c2)c([2H])c1[2H]. The van der Waals surface area contributed by atoms with Gasteiger partial charge in [0.1, 0.15) is 0 Å². The van der Waals surface area contributed by atoms with Crippen molar-refractivity contribution in [1.29, 1.82) is 0 Å². The van der Waals surface area contributed by atoms with E-state index in [-0.39, 0.29) is 22.3 Å². The zero-order valence-corrected chi connectivity index (χ0v) is 30.0. The van der Waals surface area contributed by atoms with E-state index < -0.39 is 65.8 Å². The van der Waals surface area contributed by atoms with Gasteiger partial charge in [0.2, 0.25) is 0 Å². The summed E-state index contributed by atoms with van der Waals surface area (Å²) in [6.45, 7) is 0. The Morgan fingerprint density at radius 1 is 0.304 bits per heavy atom. The van der Waals surface area contributed by atoms with Crippen molar-refractivity contribution in [2.75, 3.05) is 4.90 Å². The van der Waals surface area contributed by atoms with Crippen LogP contribution in [0.2, 0.25) is 0 Å². The summed E-state index contributed by atoms with van der Waals surface area (Å²) in [4.78, 5) is 2.02. The van der Waals surface area contributed by atoms with E-state index in [0.29, 0.717) is 5.69 Å². The molecular formula is C55H37N. The Hall–Kier alpha value is -7.22. The number of fused-ring (bicyclic) bond motifs is 10. The minimum atomic E-state index is -0.675. The highest BCUT2D eigenvalue weighted by Crippen LogP contribution is 2.63. The van der Waals surface area contributed by atoms with Crippen molar-refractivity contribution in [2.24, 2.45) is 0 Å². The maximum absolute atomic E-state index is 9.05. The minimum Gasteiger partial charge on any atom is -0.310 e. The first-order valence-corrected chi connectivity index (χ1v) is 18.6. The summed E-state index contributed by atoms with van der Waals surface area (Å²) in [5.74, 6) is 0. The summed E-state index contributed by atoms with van der Waals surface area (Å²) in [5, 5.41) is 0. The number of hydrogen-bond acceptors (Lipinski definition) is 1. The molecule has 1 heteroatoms. The highest BCUT2D eigenvalue weighted by Gasteiger charge is 2.51. The number of nitrogens with zero attached hydrogens (tertiary/aromatic N) is 1. The molecule has 0 saturated carbocycles. The maximum Gasteiger partial charge on any atom is 0.0726 e. The molecular weight excluding hydrogens is 675 g/mol. The van der Waals surface area contributed by atoms with Crippen molar-refractivity contribution < 1.29 is 13.7 Å². The van der Waals surface area contributed by atoms with Gasteiger partial charge in [-0.05, 0) is 120 Å². The second-order valence-corrected chi connectivity index (χ2v) is 14.1. The first kappa shape index (κ1) is 23.5. The van der Waals surface area contributed by atoms with E-state index in [9.17, 15) is 0 Å². The smallest absolute Gasteiger partial charge is 0.0726 e. The third kappa shape index (κ3) is 4.95. The van der Waals surface area contributed by atoms with Crippen molar-refractivity contribution in [2.45, 2.75) is 5.41 Å². The molecule has 0 saturated heterocycles. The molecule has 56 heavy (non-hydrogen) atoms. The Kier molecular flexibility index (Phi) is 5.45. The first-order chi connectivity index (χ1) is 31.9. The molecule has 1 nitrogen and oxygen atoms in total. The molecule has 0 unspecified atom stereocenters. The number of anilines is 3. The average molecular weight is 722 g/mol. The largest absolute Gasteiger partial charge is 0.310 e. The van der Waals surface area contributed by atoms with Crippen LogP contribution in [0.3, 0.4) is 0 Å². The molecule has 0 fully saturated rings. The van der Waals surface area contributed by atoms with Gasteiger partial charge in [0.25, 0.3) is 0 Å². The number of hydrogen-bond donors (Lipinski definition) is 0. The van der Waals surface area contributed by atoms with Gasteiger partial charge < -0.3 is 4.90 Å². The molecule has 0 heterocycles. The van der Waals surface area contributed by atoms with Gasteiger partial charge >= 0.3 is 0 Å². The van der Waals surface area contributed by atoms with Crippen molar-refractivity contribution in [3.63, 3.8) is 0 Å². The normalized spacial score (nSPS) is 15.3. The highest BCUT2D eigenvalue weighted by atomic mass is 15.1. The molecule has 0 radical (unpaired) electrons. The van der Waals surface area contributed by atoms with Gasteiger partial charge in [-0.3, -0.25) is 0 Å². The van der Waals surface area contributed by atoms with Gasteiger partial charge in [-0.25, -0.2) is 0 Å². The van der Waals surface area contributed by atoms with Crippen LogP contribution < -0.4 is 4.90 Å². The molecule has 9 aromatic carbocycles. The minimum absolute atomic E-state index is 0.0848. The van der Waals surface area contributed by atoms with Crippen LogP contribution in [0.4, 0.5) is 17.1 Å². The van der Waals surface area contributed by atoms with Gasteiger partial charge in [-0.2, -0.15) is 0 Å². The van der Waals surface area contributed by atoms with E-state index >= 15 is 0 Å². The fraction of sp³-hybridized carbons (Fsp3) is 0.0182. The second kappa shape index (κ2) is 13.0. The summed E-state index contributed by atoms with van der Waals surface area (Å²) in [6.07, 6.45) is 0. The van der Waals surface area contributed by atoms with Gasteiger partial charge in [0.15, 0.2) is 0 Å². The van der Waals surface area contributed by atoms with E-state index in [4.69, 9.17) is 13.7 Å². The van der Waals surface area contributed by atoms with E-state index in [0.717, 1.165) is 50.3 Å². The molecule has 1 spiro atoms. The van der Waals surface area contributed by atoms with Crippen LogP contribution in [0.1, 0.15) is 36.0 Å². The van der Waals surface area contributed by atoms with Gasteiger partial charge in [0, 0.05) is 17.1 Å². The summed E-state index contributed by atoms with van der Waals surface area (Å²) in [6, 6.07) is 50.3. The van der Waals surface area contributed by atoms with Crippen molar-refractivity contribution in [3.05, 3.63) is 246 Å². The quantitative estimate of drug-likeness (QED) is 0.165. The molecule has 262 valence electrons. The fourth-order valence-corrected chi connectivity index (χ4v) is 8.92. The van der Waals surface area contributed by atoms with Crippen molar-refractivity contribution >= 4 is 17.1 Å². The summed E-state index contributed by atoms with van der Waals surface area (Å²) >= 11 is 0. The number of benzene rings is 9. The molecule has 9 aromatic rings. The lowest BCUT2D eigenvalue weighted by Crippen LogP contribution is -2.26. The van der Waals surface area contributed by atoms with Crippen LogP contribution in [0.15, 0.2) is 224 Å². The lowest BCUT2D eigenvalue weighted by molar-refractivity contribution is 0.793. The molecule has 0 aromatic heterocycles. The lowest BCUT2D eigenvalue weighted by Gasteiger charge is -2.32. The summed E-state index contributed by atoms with van der Waals surface area (Å²) < 4.78 is 87.4. The Morgan fingerprint density at radius 2 is 0.750 bits per heavy atom. The molecule has 11 rings (SSSR count). The monoisotopic (exact) mass is 721 g/mol. The predicted octanol–water partition coefficient (Wildman–Crippen LogP) is 14.5. The van der Waals surface area contributed by atoms with Gasteiger partial charge in [0.05, 0.1) is 19.1 Å². The Morgan fingerprint density at radius 3 is 1.29 bits per heavy atom. The van der Waals surface area contributed by atoms with Crippen LogP contribution in [0.25, 0.3) is 55.6 Å². The summed E-state index contributed by atoms with van der Waals surface area (Å²) in [5.41, 5.74) is 12.6. The molecule has 0 aliphatic heterocycles. The van der Waals surface area contributed by atoms with Crippen LogP contribution in [-0.2, 0) is 5.41 Å². The van der Waals surface area contributed by atoms with Gasteiger partial charge in [-0.1, -0.05) is 182 Å². The zero-order chi connectivity index (χ0) is 45.8. The third-order valence-corrected chi connectivity index (χ3v) is 11.2. The van der Waals surface area contributed by atoms with Crippen molar-refractivity contribution in [1.82, 2.24) is 0 Å². The van der Waals surface area contributed by atoms with Crippen LogP contribution in [0, 0.1) is 0 Å². The summed E-state index contributed by atoms with van der Waals surface area (Å²) in [7, 11) is 0. The zero-order valence-electron chi connectivity index (χ0n) is 40.0. The first-order valence-electron chi connectivity index (χ1n) is 23.6. The highest BCUT2D eigenvalue weighted by molar-refractivity contribution is 5.96. The topological polar surface area (TPSA) is 3.24 Å². The van der Waals surface area contributed by atoms with Crippen LogP contribution >= 0.6 is 0 Å². The van der Waals surface area contributed by atoms with Gasteiger partial charge in [-0.15, -0.1) is 0 Å². The number of rotatable bonds is 6. The van der Waals surface area contributed by atoms with Crippen LogP contribution in [0.5, 0.6) is 0 Å². The standard InChI is InChI=1S/C55H37N/c1-4-16-38(17-5-1)41-28-30-44(31-29-41)56(46-35-42(39-18-6-2-7-19-39)34-43(36-46)40-20-8-3-9-21-40)45-32-33-50-49-24-12-15-27-53(49)55(54(50)37-45)51-25-13-10-22-47(51)48-23-11-14-26-52(48)55/h1-37H/i2D,3D,6D,7D,8D,9D,18D,19D,20D,21D. The maximum atomic E-state index is 9.05. The fourth-order valence-electron chi connectivity index (χ4n) is 8.92. The molecule has 0 amide bonds. The molecule has 2 aliphatic carbocycles. The molecule has 2 aliphatic rings. The van der Waals surface area contributed by atoms with Crippen molar-refractivity contribution in [3.8, 4) is 55.6 Å². The molecule has 0 bridgehead atoms.